The van der Waals surface area contributed by atoms with Gasteiger partial charge in [0.25, 0.3) is 0 Å². The molecule has 3 rings (SSSR count). The Balaban J connectivity index is 2.05. The minimum absolute atomic E-state index is 0.215. The standard InChI is InChI=1S/C19H15ClN2O4/c1-26-16(24)10-15(23)22-17-13-8-7-12(20)9-14(13)21-18(17)19(25)11-5-3-2-4-6-11/h2-9,21H,10H2,1H3,(H,22,23). The molecule has 0 aliphatic heterocycles. The van der Waals surface area contributed by atoms with Gasteiger partial charge in [0.1, 0.15) is 12.1 Å². The van der Waals surface area contributed by atoms with Gasteiger partial charge in [-0.2, -0.15) is 0 Å². The van der Waals surface area contributed by atoms with Crippen molar-refractivity contribution in [2.45, 2.75) is 6.42 Å². The lowest BCUT2D eigenvalue weighted by Gasteiger charge is -2.07. The molecule has 0 aliphatic rings. The average Bonchev–Trinajstić information content (AvgIpc) is 2.98. The third-order valence-electron chi connectivity index (χ3n) is 3.82. The van der Waals surface area contributed by atoms with Crippen LogP contribution in [0.1, 0.15) is 22.5 Å². The normalized spacial score (nSPS) is 10.5. The van der Waals surface area contributed by atoms with E-state index < -0.39 is 18.3 Å². The number of aromatic amines is 1. The summed E-state index contributed by atoms with van der Waals surface area (Å²) in [7, 11) is 1.20. The van der Waals surface area contributed by atoms with Crippen molar-refractivity contribution in [3.63, 3.8) is 0 Å². The molecule has 132 valence electrons. The van der Waals surface area contributed by atoms with Gasteiger partial charge in [-0.1, -0.05) is 41.9 Å². The summed E-state index contributed by atoms with van der Waals surface area (Å²) in [5, 5.41) is 3.74. The number of H-pyrrole nitrogens is 1. The highest BCUT2D eigenvalue weighted by Crippen LogP contribution is 2.31. The van der Waals surface area contributed by atoms with E-state index in [0.717, 1.165) is 0 Å². The van der Waals surface area contributed by atoms with Crippen LogP contribution in [0, 0.1) is 0 Å². The van der Waals surface area contributed by atoms with Crippen LogP contribution < -0.4 is 5.32 Å². The van der Waals surface area contributed by atoms with E-state index in [9.17, 15) is 14.4 Å². The fourth-order valence-corrected chi connectivity index (χ4v) is 2.76. The molecule has 0 saturated carbocycles. The van der Waals surface area contributed by atoms with E-state index in [4.69, 9.17) is 11.6 Å². The third-order valence-corrected chi connectivity index (χ3v) is 4.06. The molecule has 0 aliphatic carbocycles. The number of benzene rings is 2. The molecule has 0 unspecified atom stereocenters. The minimum atomic E-state index is -0.665. The molecule has 3 aromatic rings. The second kappa shape index (κ2) is 7.41. The van der Waals surface area contributed by atoms with E-state index in [0.29, 0.717) is 27.2 Å². The van der Waals surface area contributed by atoms with Gasteiger partial charge in [-0.25, -0.2) is 0 Å². The van der Waals surface area contributed by atoms with Gasteiger partial charge in [0.2, 0.25) is 11.7 Å². The van der Waals surface area contributed by atoms with E-state index >= 15 is 0 Å². The maximum Gasteiger partial charge on any atom is 0.315 e. The predicted molar refractivity (Wildman–Crippen MR) is 98.4 cm³/mol. The highest BCUT2D eigenvalue weighted by Gasteiger charge is 2.22. The van der Waals surface area contributed by atoms with Crippen molar-refractivity contribution in [1.29, 1.82) is 0 Å². The topological polar surface area (TPSA) is 88.3 Å². The first-order valence-corrected chi connectivity index (χ1v) is 8.15. The molecule has 2 aromatic carbocycles. The summed E-state index contributed by atoms with van der Waals surface area (Å²) in [5.41, 5.74) is 1.59. The number of esters is 1. The van der Waals surface area contributed by atoms with E-state index in [2.05, 4.69) is 15.0 Å². The molecule has 1 heterocycles. The Morgan fingerprint density at radius 2 is 1.85 bits per heavy atom. The van der Waals surface area contributed by atoms with Crippen LogP contribution in [0.3, 0.4) is 0 Å². The first-order chi connectivity index (χ1) is 12.5. The van der Waals surface area contributed by atoms with Gasteiger partial charge >= 0.3 is 5.97 Å². The van der Waals surface area contributed by atoms with Gasteiger partial charge in [0, 0.05) is 21.5 Å². The zero-order valence-electron chi connectivity index (χ0n) is 13.8. The number of nitrogens with one attached hydrogen (secondary N) is 2. The molecule has 0 fully saturated rings. The first-order valence-electron chi connectivity index (χ1n) is 7.77. The Morgan fingerprint density at radius 1 is 1.12 bits per heavy atom. The maximum atomic E-state index is 12.9. The van der Waals surface area contributed by atoms with E-state index in [-0.39, 0.29) is 11.5 Å². The number of ketones is 1. The van der Waals surface area contributed by atoms with Crippen molar-refractivity contribution in [2.75, 3.05) is 12.4 Å². The molecule has 0 saturated heterocycles. The summed E-state index contributed by atoms with van der Waals surface area (Å²) < 4.78 is 4.50. The van der Waals surface area contributed by atoms with Crippen molar-refractivity contribution in [2.24, 2.45) is 0 Å². The number of rotatable bonds is 5. The van der Waals surface area contributed by atoms with Crippen LogP contribution in [0.15, 0.2) is 48.5 Å². The summed E-state index contributed by atoms with van der Waals surface area (Å²) in [6.07, 6.45) is -0.449. The van der Waals surface area contributed by atoms with Gasteiger partial charge in [0.15, 0.2) is 0 Å². The van der Waals surface area contributed by atoms with E-state index in [1.807, 2.05) is 0 Å². The number of anilines is 1. The number of hydrogen-bond donors (Lipinski definition) is 2. The highest BCUT2D eigenvalue weighted by atomic mass is 35.5. The maximum absolute atomic E-state index is 12.9. The van der Waals surface area contributed by atoms with Crippen LogP contribution in [0.5, 0.6) is 0 Å². The number of halogens is 1. The number of ether oxygens (including phenoxy) is 1. The monoisotopic (exact) mass is 370 g/mol. The summed E-state index contributed by atoms with van der Waals surface area (Å²) in [5.74, 6) is -1.53. The minimum Gasteiger partial charge on any atom is -0.469 e. The van der Waals surface area contributed by atoms with Gasteiger partial charge in [0.05, 0.1) is 12.8 Å². The number of methoxy groups -OCH3 is 1. The van der Waals surface area contributed by atoms with Crippen LogP contribution >= 0.6 is 11.6 Å². The zero-order chi connectivity index (χ0) is 18.7. The van der Waals surface area contributed by atoms with Crippen LogP contribution in [0.4, 0.5) is 5.69 Å². The van der Waals surface area contributed by atoms with Crippen molar-refractivity contribution >= 4 is 45.9 Å². The van der Waals surface area contributed by atoms with Gasteiger partial charge in [-0.15, -0.1) is 0 Å². The quantitative estimate of drug-likeness (QED) is 0.408. The largest absolute Gasteiger partial charge is 0.469 e. The molecule has 2 N–H and O–H groups in total. The Morgan fingerprint density at radius 3 is 2.54 bits per heavy atom. The van der Waals surface area contributed by atoms with Crippen molar-refractivity contribution in [1.82, 2.24) is 4.98 Å². The summed E-state index contributed by atoms with van der Waals surface area (Å²) in [6, 6.07) is 13.7. The number of carbonyl (C=O) groups excluding carboxylic acids is 3. The van der Waals surface area contributed by atoms with Crippen LogP contribution in [0.25, 0.3) is 10.9 Å². The van der Waals surface area contributed by atoms with E-state index in [1.54, 1.807) is 48.5 Å². The molecular weight excluding hydrogens is 356 g/mol. The fraction of sp³-hybridized carbons (Fsp3) is 0.105. The van der Waals surface area contributed by atoms with Gasteiger partial charge in [-0.3, -0.25) is 14.4 Å². The Bertz CT molecular complexity index is 995. The Hall–Kier alpha value is -3.12. The Labute approximate surface area is 154 Å². The fourth-order valence-electron chi connectivity index (χ4n) is 2.59. The lowest BCUT2D eigenvalue weighted by Crippen LogP contribution is -2.18. The summed E-state index contributed by atoms with van der Waals surface area (Å²) in [6.45, 7) is 0. The SMILES string of the molecule is COC(=O)CC(=O)Nc1c(C(=O)c2ccccc2)[nH]c2cc(Cl)ccc12. The lowest BCUT2D eigenvalue weighted by atomic mass is 10.1. The molecule has 0 bridgehead atoms. The zero-order valence-corrected chi connectivity index (χ0v) is 14.6. The molecule has 26 heavy (non-hydrogen) atoms. The number of aromatic nitrogens is 1. The number of amides is 1. The van der Waals surface area contributed by atoms with Gasteiger partial charge in [-0.05, 0) is 18.2 Å². The molecule has 0 atom stereocenters. The molecule has 1 aromatic heterocycles. The first kappa shape index (κ1) is 17.7. The van der Waals surface area contributed by atoms with Crippen molar-refractivity contribution in [3.8, 4) is 0 Å². The second-order valence-electron chi connectivity index (χ2n) is 5.56. The van der Waals surface area contributed by atoms with Crippen LogP contribution in [-0.4, -0.2) is 29.8 Å². The molecule has 1 amide bonds. The smallest absolute Gasteiger partial charge is 0.315 e. The Kier molecular flexibility index (Phi) is 5.04. The highest BCUT2D eigenvalue weighted by molar-refractivity contribution is 6.31. The van der Waals surface area contributed by atoms with Crippen molar-refractivity contribution < 1.29 is 19.1 Å². The van der Waals surface area contributed by atoms with Crippen molar-refractivity contribution in [3.05, 3.63) is 64.8 Å². The van der Waals surface area contributed by atoms with Gasteiger partial charge < -0.3 is 15.0 Å². The lowest BCUT2D eigenvalue weighted by molar-refractivity contribution is -0.142. The third kappa shape index (κ3) is 3.60. The van der Waals surface area contributed by atoms with Crippen LogP contribution in [0.2, 0.25) is 5.02 Å². The second-order valence-corrected chi connectivity index (χ2v) is 6.00. The molecular formula is C19H15ClN2O4. The molecule has 7 heteroatoms. The van der Waals surface area contributed by atoms with Crippen LogP contribution in [-0.2, 0) is 14.3 Å². The molecule has 0 radical (unpaired) electrons. The summed E-state index contributed by atoms with van der Waals surface area (Å²) >= 11 is 6.02. The number of fused-ring (bicyclic) bond motifs is 1. The van der Waals surface area contributed by atoms with E-state index in [1.165, 1.54) is 7.11 Å². The summed E-state index contributed by atoms with van der Waals surface area (Å²) in [4.78, 5) is 39.3. The molecule has 6 nitrogen and oxygen atoms in total. The number of carbonyl (C=O) groups is 3. The number of hydrogen-bond acceptors (Lipinski definition) is 4. The molecule has 0 spiro atoms. The average molecular weight is 371 g/mol. The predicted octanol–water partition coefficient (Wildman–Crippen LogP) is 3.55.